The molecule has 1 aromatic rings. The van der Waals surface area contributed by atoms with Crippen LogP contribution in [0.15, 0.2) is 0 Å². The van der Waals surface area contributed by atoms with E-state index in [0.717, 1.165) is 32.5 Å². The van der Waals surface area contributed by atoms with Gasteiger partial charge in [0.25, 0.3) is 0 Å². The third-order valence-corrected chi connectivity index (χ3v) is 3.37. The summed E-state index contributed by atoms with van der Waals surface area (Å²) in [5.41, 5.74) is -0.430. The first-order valence-electron chi connectivity index (χ1n) is 7.35. The van der Waals surface area contributed by atoms with E-state index < -0.39 is 5.60 Å². The van der Waals surface area contributed by atoms with Crippen LogP contribution in [0.2, 0.25) is 0 Å². The van der Waals surface area contributed by atoms with Gasteiger partial charge in [0.2, 0.25) is 0 Å². The molecule has 0 radical (unpaired) electrons. The highest BCUT2D eigenvalue weighted by Crippen LogP contribution is 2.19. The quantitative estimate of drug-likeness (QED) is 0.858. The molecule has 0 saturated carbocycles. The number of amides is 1. The van der Waals surface area contributed by atoms with Crippen LogP contribution in [-0.2, 0) is 11.3 Å². The molecule has 21 heavy (non-hydrogen) atoms. The summed E-state index contributed by atoms with van der Waals surface area (Å²) in [6.45, 7) is 8.69. The molecule has 1 saturated heterocycles. The number of aromatic nitrogens is 4. The number of piperidine rings is 1. The molecule has 1 aliphatic heterocycles. The fourth-order valence-corrected chi connectivity index (χ4v) is 2.29. The molecule has 1 aliphatic rings. The molecule has 0 bridgehead atoms. The van der Waals surface area contributed by atoms with Crippen molar-refractivity contribution in [1.82, 2.24) is 30.8 Å². The highest BCUT2D eigenvalue weighted by molar-refractivity contribution is 5.68. The van der Waals surface area contributed by atoms with Gasteiger partial charge in [-0.3, -0.25) is 0 Å². The van der Waals surface area contributed by atoms with E-state index in [9.17, 15) is 4.79 Å². The second-order valence-electron chi connectivity index (χ2n) is 6.37. The molecule has 0 aromatic carbocycles. The largest absolute Gasteiger partial charge is 0.444 e. The number of rotatable bonds is 4. The number of carbonyl (C=O) groups is 1. The predicted octanol–water partition coefficient (Wildman–Crippen LogP) is 0.936. The van der Waals surface area contributed by atoms with Gasteiger partial charge in [-0.15, -0.1) is 10.2 Å². The van der Waals surface area contributed by atoms with Gasteiger partial charge in [0.15, 0.2) is 5.82 Å². The molecule has 1 aromatic heterocycles. The summed E-state index contributed by atoms with van der Waals surface area (Å²) in [6, 6.07) is 0. The lowest BCUT2D eigenvalue weighted by atomic mass is 9.97. The van der Waals surface area contributed by atoms with Crippen LogP contribution in [0.5, 0.6) is 0 Å². The van der Waals surface area contributed by atoms with E-state index >= 15 is 0 Å². The van der Waals surface area contributed by atoms with Crippen LogP contribution in [-0.4, -0.2) is 56.9 Å². The zero-order chi connectivity index (χ0) is 15.3. The number of hydrogen-bond donors (Lipinski definition) is 2. The summed E-state index contributed by atoms with van der Waals surface area (Å²) in [6.07, 6.45) is 1.76. The fourth-order valence-electron chi connectivity index (χ4n) is 2.29. The Bertz CT molecular complexity index is 434. The van der Waals surface area contributed by atoms with Gasteiger partial charge in [-0.05, 0) is 46.1 Å². The van der Waals surface area contributed by atoms with E-state index in [1.165, 1.54) is 0 Å². The number of tetrazole rings is 1. The van der Waals surface area contributed by atoms with E-state index in [0.29, 0.717) is 18.3 Å². The minimum absolute atomic E-state index is 0.208. The lowest BCUT2D eigenvalue weighted by Gasteiger charge is -2.33. The van der Waals surface area contributed by atoms with Crippen molar-refractivity contribution < 1.29 is 9.53 Å². The van der Waals surface area contributed by atoms with E-state index in [1.807, 2.05) is 20.8 Å². The average Bonchev–Trinajstić information content (AvgIpc) is 2.91. The zero-order valence-corrected chi connectivity index (χ0v) is 12.9. The number of nitrogens with one attached hydrogen (secondary N) is 2. The van der Waals surface area contributed by atoms with Crippen LogP contribution < -0.4 is 5.32 Å². The first-order chi connectivity index (χ1) is 9.94. The topological polar surface area (TPSA) is 96.0 Å². The molecule has 8 nitrogen and oxygen atoms in total. The van der Waals surface area contributed by atoms with E-state index in [4.69, 9.17) is 4.74 Å². The summed E-state index contributed by atoms with van der Waals surface area (Å²) in [7, 11) is 0. The van der Waals surface area contributed by atoms with Gasteiger partial charge >= 0.3 is 6.09 Å². The van der Waals surface area contributed by atoms with Gasteiger partial charge < -0.3 is 15.0 Å². The number of carbonyl (C=O) groups excluding carboxylic acids is 1. The van der Waals surface area contributed by atoms with Gasteiger partial charge in [0, 0.05) is 13.1 Å². The summed E-state index contributed by atoms with van der Waals surface area (Å²) in [4.78, 5) is 13.7. The second kappa shape index (κ2) is 6.84. The molecular formula is C13H24N6O2. The summed E-state index contributed by atoms with van der Waals surface area (Å²) in [5, 5.41) is 17.0. The summed E-state index contributed by atoms with van der Waals surface area (Å²) in [5.74, 6) is 1.23. The van der Waals surface area contributed by atoms with Crippen molar-refractivity contribution in [3.8, 4) is 0 Å². The van der Waals surface area contributed by atoms with E-state index in [1.54, 1.807) is 4.90 Å². The Morgan fingerprint density at radius 3 is 2.71 bits per heavy atom. The molecule has 0 spiro atoms. The SMILES string of the molecule is CC(C)(C)OC(=O)N1CCC(CNCc2nn[nH]n2)CC1. The molecule has 2 N–H and O–H groups in total. The highest BCUT2D eigenvalue weighted by Gasteiger charge is 2.26. The van der Waals surface area contributed by atoms with Crippen LogP contribution >= 0.6 is 0 Å². The third-order valence-electron chi connectivity index (χ3n) is 3.37. The van der Waals surface area contributed by atoms with Crippen molar-refractivity contribution in [3.05, 3.63) is 5.82 Å². The van der Waals surface area contributed by atoms with Crippen molar-refractivity contribution in [2.75, 3.05) is 19.6 Å². The number of nitrogens with zero attached hydrogens (tertiary/aromatic N) is 4. The lowest BCUT2D eigenvalue weighted by molar-refractivity contribution is 0.0184. The Morgan fingerprint density at radius 2 is 2.14 bits per heavy atom. The van der Waals surface area contributed by atoms with Gasteiger partial charge in [0.1, 0.15) is 5.60 Å². The molecular weight excluding hydrogens is 272 g/mol. The van der Waals surface area contributed by atoms with Crippen LogP contribution in [0, 0.1) is 5.92 Å². The number of aromatic amines is 1. The molecule has 0 unspecified atom stereocenters. The van der Waals surface area contributed by atoms with E-state index in [2.05, 4.69) is 25.9 Å². The van der Waals surface area contributed by atoms with E-state index in [-0.39, 0.29) is 6.09 Å². The molecule has 1 amide bonds. The molecule has 0 atom stereocenters. The van der Waals surface area contributed by atoms with Gasteiger partial charge in [-0.1, -0.05) is 5.21 Å². The fraction of sp³-hybridized carbons (Fsp3) is 0.846. The van der Waals surface area contributed by atoms with Gasteiger partial charge in [-0.25, -0.2) is 4.79 Å². The van der Waals surface area contributed by atoms with Crippen molar-refractivity contribution in [2.45, 2.75) is 45.8 Å². The maximum atomic E-state index is 12.0. The first kappa shape index (κ1) is 15.7. The Labute approximate surface area is 124 Å². The highest BCUT2D eigenvalue weighted by atomic mass is 16.6. The Morgan fingerprint density at radius 1 is 1.43 bits per heavy atom. The van der Waals surface area contributed by atoms with Crippen LogP contribution in [0.3, 0.4) is 0 Å². The standard InChI is InChI=1S/C13H24N6O2/c1-13(2,3)21-12(20)19-6-4-10(5-7-19)8-14-9-11-15-17-18-16-11/h10,14H,4-9H2,1-3H3,(H,15,16,17,18). The number of hydrogen-bond acceptors (Lipinski definition) is 6. The Balaban J connectivity index is 1.65. The number of ether oxygens (including phenoxy) is 1. The van der Waals surface area contributed by atoms with Crippen molar-refractivity contribution in [1.29, 1.82) is 0 Å². The molecule has 2 heterocycles. The molecule has 2 rings (SSSR count). The smallest absolute Gasteiger partial charge is 0.410 e. The van der Waals surface area contributed by atoms with Gasteiger partial charge in [-0.2, -0.15) is 5.21 Å². The van der Waals surface area contributed by atoms with Crippen molar-refractivity contribution in [3.63, 3.8) is 0 Å². The number of likely N-dealkylation sites (tertiary alicyclic amines) is 1. The molecule has 118 valence electrons. The third kappa shape index (κ3) is 5.30. The van der Waals surface area contributed by atoms with Gasteiger partial charge in [0.05, 0.1) is 6.54 Å². The lowest BCUT2D eigenvalue weighted by Crippen LogP contribution is -2.43. The average molecular weight is 296 g/mol. The minimum atomic E-state index is -0.430. The molecule has 0 aliphatic carbocycles. The summed E-state index contributed by atoms with van der Waals surface area (Å²) < 4.78 is 5.39. The summed E-state index contributed by atoms with van der Waals surface area (Å²) >= 11 is 0. The molecule has 1 fully saturated rings. The Hall–Kier alpha value is -1.70. The van der Waals surface area contributed by atoms with Crippen molar-refractivity contribution >= 4 is 6.09 Å². The normalized spacial score (nSPS) is 17.0. The number of H-pyrrole nitrogens is 1. The second-order valence-corrected chi connectivity index (χ2v) is 6.37. The monoisotopic (exact) mass is 296 g/mol. The van der Waals surface area contributed by atoms with Crippen LogP contribution in [0.25, 0.3) is 0 Å². The van der Waals surface area contributed by atoms with Crippen LogP contribution in [0.1, 0.15) is 39.4 Å². The maximum Gasteiger partial charge on any atom is 0.410 e. The Kier molecular flexibility index (Phi) is 5.11. The molecule has 8 heteroatoms. The van der Waals surface area contributed by atoms with Crippen LogP contribution in [0.4, 0.5) is 4.79 Å². The predicted molar refractivity (Wildman–Crippen MR) is 76.4 cm³/mol. The maximum absolute atomic E-state index is 12.0. The first-order valence-corrected chi connectivity index (χ1v) is 7.35. The van der Waals surface area contributed by atoms with Crippen molar-refractivity contribution in [2.24, 2.45) is 5.92 Å². The minimum Gasteiger partial charge on any atom is -0.444 e. The zero-order valence-electron chi connectivity index (χ0n) is 12.9.